The minimum Gasteiger partial charge on any atom is -0.355 e. The smallest absolute Gasteiger partial charge is 0.234 e. The molecule has 1 saturated heterocycles. The zero-order valence-electron chi connectivity index (χ0n) is 12.9. The standard InChI is InChI=1S/C16H25N3O.ClH/c1-13-5-3-4-6-15(13)7-8-18-16(20)12-19-10-9-17-11-14(19)2;/h3-6,14,17H,7-12H2,1-2H3,(H,18,20);1H/t14-;/m1./s1. The second-order valence-corrected chi connectivity index (χ2v) is 5.55. The van der Waals surface area contributed by atoms with E-state index < -0.39 is 0 Å². The predicted octanol–water partition coefficient (Wildman–Crippen LogP) is 1.37. The summed E-state index contributed by atoms with van der Waals surface area (Å²) < 4.78 is 0. The molecule has 0 aromatic heterocycles. The highest BCUT2D eigenvalue weighted by Crippen LogP contribution is 2.07. The van der Waals surface area contributed by atoms with Crippen molar-refractivity contribution in [1.29, 1.82) is 0 Å². The van der Waals surface area contributed by atoms with Gasteiger partial charge in [-0.25, -0.2) is 0 Å². The number of hydrogen-bond donors (Lipinski definition) is 2. The van der Waals surface area contributed by atoms with E-state index >= 15 is 0 Å². The Morgan fingerprint density at radius 1 is 1.43 bits per heavy atom. The normalized spacial score (nSPS) is 18.9. The van der Waals surface area contributed by atoms with Crippen molar-refractivity contribution in [3.63, 3.8) is 0 Å². The number of amides is 1. The number of benzene rings is 1. The van der Waals surface area contributed by atoms with E-state index in [9.17, 15) is 4.79 Å². The van der Waals surface area contributed by atoms with Crippen molar-refractivity contribution in [2.45, 2.75) is 26.3 Å². The molecule has 1 atom stereocenters. The molecule has 4 nitrogen and oxygen atoms in total. The Bertz CT molecular complexity index is 453. The molecule has 1 fully saturated rings. The molecule has 2 rings (SSSR count). The van der Waals surface area contributed by atoms with Crippen LogP contribution >= 0.6 is 12.4 Å². The number of nitrogens with zero attached hydrogens (tertiary/aromatic N) is 1. The highest BCUT2D eigenvalue weighted by Gasteiger charge is 2.19. The van der Waals surface area contributed by atoms with Crippen LogP contribution < -0.4 is 10.6 Å². The van der Waals surface area contributed by atoms with Crippen molar-refractivity contribution in [2.24, 2.45) is 0 Å². The third-order valence-electron chi connectivity index (χ3n) is 3.96. The van der Waals surface area contributed by atoms with Crippen molar-refractivity contribution in [2.75, 3.05) is 32.7 Å². The van der Waals surface area contributed by atoms with Crippen LogP contribution in [0.25, 0.3) is 0 Å². The van der Waals surface area contributed by atoms with Crippen molar-refractivity contribution in [3.8, 4) is 0 Å². The molecule has 0 unspecified atom stereocenters. The average Bonchev–Trinajstić information content (AvgIpc) is 2.43. The van der Waals surface area contributed by atoms with Gasteiger partial charge in [-0.15, -0.1) is 12.4 Å². The van der Waals surface area contributed by atoms with E-state index in [1.54, 1.807) is 0 Å². The molecule has 0 radical (unpaired) electrons. The first-order chi connectivity index (χ1) is 9.66. The van der Waals surface area contributed by atoms with E-state index in [0.29, 0.717) is 19.1 Å². The fraction of sp³-hybridized carbons (Fsp3) is 0.562. The zero-order chi connectivity index (χ0) is 14.4. The van der Waals surface area contributed by atoms with Gasteiger partial charge in [0, 0.05) is 32.2 Å². The third kappa shape index (κ3) is 5.65. The van der Waals surface area contributed by atoms with Gasteiger partial charge in [0.15, 0.2) is 0 Å². The first-order valence-corrected chi connectivity index (χ1v) is 7.43. The average molecular weight is 312 g/mol. The van der Waals surface area contributed by atoms with Crippen LogP contribution in [0.15, 0.2) is 24.3 Å². The molecule has 1 aromatic rings. The van der Waals surface area contributed by atoms with Gasteiger partial charge in [0.2, 0.25) is 5.91 Å². The molecule has 0 bridgehead atoms. The Morgan fingerprint density at radius 3 is 2.90 bits per heavy atom. The molecule has 0 saturated carbocycles. The number of nitrogens with one attached hydrogen (secondary N) is 2. The van der Waals surface area contributed by atoms with E-state index in [-0.39, 0.29) is 18.3 Å². The quantitative estimate of drug-likeness (QED) is 0.863. The van der Waals surface area contributed by atoms with Gasteiger partial charge in [-0.3, -0.25) is 9.69 Å². The summed E-state index contributed by atoms with van der Waals surface area (Å²) in [5, 5.41) is 6.36. The van der Waals surface area contributed by atoms with Crippen molar-refractivity contribution < 1.29 is 4.79 Å². The van der Waals surface area contributed by atoms with Crippen LogP contribution in [0.4, 0.5) is 0 Å². The molecule has 0 aliphatic carbocycles. The van der Waals surface area contributed by atoms with Gasteiger partial charge in [0.05, 0.1) is 6.54 Å². The fourth-order valence-electron chi connectivity index (χ4n) is 2.59. The largest absolute Gasteiger partial charge is 0.355 e. The molecular formula is C16H26ClN3O. The number of carbonyl (C=O) groups is 1. The Labute approximate surface area is 133 Å². The monoisotopic (exact) mass is 311 g/mol. The summed E-state index contributed by atoms with van der Waals surface area (Å²) in [5.74, 6) is 0.132. The lowest BCUT2D eigenvalue weighted by Crippen LogP contribution is -2.52. The van der Waals surface area contributed by atoms with Gasteiger partial charge in [0.25, 0.3) is 0 Å². The molecule has 5 heteroatoms. The molecule has 1 aliphatic rings. The number of carbonyl (C=O) groups excluding carboxylic acids is 1. The number of piperazine rings is 1. The number of hydrogen-bond acceptors (Lipinski definition) is 3. The van der Waals surface area contributed by atoms with Gasteiger partial charge in [-0.2, -0.15) is 0 Å². The minimum absolute atomic E-state index is 0. The molecule has 1 heterocycles. The van der Waals surface area contributed by atoms with Gasteiger partial charge in [-0.1, -0.05) is 24.3 Å². The zero-order valence-corrected chi connectivity index (χ0v) is 13.7. The molecule has 21 heavy (non-hydrogen) atoms. The maximum absolute atomic E-state index is 12.0. The topological polar surface area (TPSA) is 44.4 Å². The van der Waals surface area contributed by atoms with Crippen molar-refractivity contribution >= 4 is 18.3 Å². The summed E-state index contributed by atoms with van der Waals surface area (Å²) in [6.07, 6.45) is 0.898. The Morgan fingerprint density at radius 2 is 2.19 bits per heavy atom. The molecule has 1 amide bonds. The van der Waals surface area contributed by atoms with Gasteiger partial charge < -0.3 is 10.6 Å². The number of halogens is 1. The number of aryl methyl sites for hydroxylation is 1. The van der Waals surface area contributed by atoms with Crippen LogP contribution in [0, 0.1) is 6.92 Å². The van der Waals surface area contributed by atoms with Gasteiger partial charge >= 0.3 is 0 Å². The molecular weight excluding hydrogens is 286 g/mol. The van der Waals surface area contributed by atoms with E-state index in [1.165, 1.54) is 11.1 Å². The summed E-state index contributed by atoms with van der Waals surface area (Å²) in [5.41, 5.74) is 2.60. The van der Waals surface area contributed by atoms with Gasteiger partial charge in [-0.05, 0) is 31.4 Å². The maximum Gasteiger partial charge on any atom is 0.234 e. The molecule has 0 spiro atoms. The second kappa shape index (κ2) is 9.03. The van der Waals surface area contributed by atoms with E-state index in [1.807, 2.05) is 12.1 Å². The Balaban J connectivity index is 0.00000220. The molecule has 1 aliphatic heterocycles. The lowest BCUT2D eigenvalue weighted by molar-refractivity contribution is -0.122. The molecule has 1 aromatic carbocycles. The summed E-state index contributed by atoms with van der Waals surface area (Å²) >= 11 is 0. The van der Waals surface area contributed by atoms with Crippen LogP contribution in [0.1, 0.15) is 18.1 Å². The SMILES string of the molecule is Cc1ccccc1CCNC(=O)CN1CCNC[C@H]1C.Cl. The van der Waals surface area contributed by atoms with E-state index in [4.69, 9.17) is 0 Å². The van der Waals surface area contributed by atoms with Crippen molar-refractivity contribution in [1.82, 2.24) is 15.5 Å². The van der Waals surface area contributed by atoms with Crippen molar-refractivity contribution in [3.05, 3.63) is 35.4 Å². The van der Waals surface area contributed by atoms with Crippen LogP contribution in [0.3, 0.4) is 0 Å². The number of rotatable bonds is 5. The predicted molar refractivity (Wildman–Crippen MR) is 89.0 cm³/mol. The molecule has 118 valence electrons. The fourth-order valence-corrected chi connectivity index (χ4v) is 2.59. The first kappa shape index (κ1) is 18.0. The highest BCUT2D eigenvalue weighted by molar-refractivity contribution is 5.85. The van der Waals surface area contributed by atoms with Gasteiger partial charge in [0.1, 0.15) is 0 Å². The first-order valence-electron chi connectivity index (χ1n) is 7.43. The lowest BCUT2D eigenvalue weighted by atomic mass is 10.1. The summed E-state index contributed by atoms with van der Waals surface area (Å²) in [4.78, 5) is 14.2. The van der Waals surface area contributed by atoms with Crippen LogP contribution in [-0.2, 0) is 11.2 Å². The van der Waals surface area contributed by atoms with E-state index in [0.717, 1.165) is 26.1 Å². The van der Waals surface area contributed by atoms with E-state index in [2.05, 4.69) is 41.5 Å². The summed E-state index contributed by atoms with van der Waals surface area (Å²) in [7, 11) is 0. The molecule has 2 N–H and O–H groups in total. The van der Waals surface area contributed by atoms with Crippen LogP contribution in [0.2, 0.25) is 0 Å². The highest BCUT2D eigenvalue weighted by atomic mass is 35.5. The summed E-state index contributed by atoms with van der Waals surface area (Å²) in [6, 6.07) is 8.76. The second-order valence-electron chi connectivity index (χ2n) is 5.55. The van der Waals surface area contributed by atoms with Crippen LogP contribution in [-0.4, -0.2) is 49.6 Å². The Hall–Kier alpha value is -1.10. The lowest BCUT2D eigenvalue weighted by Gasteiger charge is -2.33. The minimum atomic E-state index is 0. The third-order valence-corrected chi connectivity index (χ3v) is 3.96. The van der Waals surface area contributed by atoms with Crippen LogP contribution in [0.5, 0.6) is 0 Å². The maximum atomic E-state index is 12.0. The summed E-state index contributed by atoms with van der Waals surface area (Å²) in [6.45, 7) is 8.39. The Kier molecular flexibility index (Phi) is 7.72.